The minimum Gasteiger partial charge on any atom is -0.394 e. The molecule has 0 bridgehead atoms. The molecule has 29 heavy (non-hydrogen) atoms. The van der Waals surface area contributed by atoms with E-state index < -0.39 is 0 Å². The van der Waals surface area contributed by atoms with Gasteiger partial charge in [-0.3, -0.25) is 0 Å². The van der Waals surface area contributed by atoms with Crippen LogP contribution in [0.3, 0.4) is 0 Å². The first-order chi connectivity index (χ1) is 14.3. The van der Waals surface area contributed by atoms with Gasteiger partial charge < -0.3 is 14.9 Å². The molecular weight excluding hydrogens is 360 g/mol. The quantitative estimate of drug-likeness (QED) is 0.265. The summed E-state index contributed by atoms with van der Waals surface area (Å²) in [6.07, 6.45) is 10.6. The van der Waals surface area contributed by atoms with Gasteiger partial charge in [-0.25, -0.2) is 0 Å². The second-order valence-corrected chi connectivity index (χ2v) is 4.18. The summed E-state index contributed by atoms with van der Waals surface area (Å²) in [5.41, 5.74) is 0. The minimum atomic E-state index is -0.125. The summed E-state index contributed by atoms with van der Waals surface area (Å²) < 4.78 is 5.48. The van der Waals surface area contributed by atoms with Gasteiger partial charge in [0.15, 0.2) is 0 Å². The molecule has 0 aliphatic carbocycles. The number of hydrogen-bond donors (Lipinski definition) is 2. The summed E-state index contributed by atoms with van der Waals surface area (Å²) in [7, 11) is 0. The Balaban J connectivity index is -0.0000000382. The lowest BCUT2D eigenvalue weighted by molar-refractivity contribution is 0.127. The molecule has 178 valence electrons. The van der Waals surface area contributed by atoms with Crippen molar-refractivity contribution in [3.63, 3.8) is 0 Å². The van der Waals surface area contributed by atoms with E-state index in [0.29, 0.717) is 0 Å². The third-order valence-electron chi connectivity index (χ3n) is 2.38. The predicted octanol–water partition coefficient (Wildman–Crippen LogP) is 7.95. The summed E-state index contributed by atoms with van der Waals surface area (Å²) in [4.78, 5) is 0. The maximum Gasteiger partial charge on any atom is 0.0662 e. The zero-order valence-corrected chi connectivity index (χ0v) is 20.3. The van der Waals surface area contributed by atoms with Gasteiger partial charge in [-0.1, -0.05) is 52.4 Å². The fourth-order valence-corrected chi connectivity index (χ4v) is 1.33. The van der Waals surface area contributed by atoms with Gasteiger partial charge in [-0.2, -0.15) is 0 Å². The van der Waals surface area contributed by atoms with Gasteiger partial charge in [0.05, 0.1) is 13.2 Å². The molecule has 0 saturated carbocycles. The Bertz CT molecular complexity index is 148. The van der Waals surface area contributed by atoms with E-state index in [0.717, 1.165) is 13.2 Å². The van der Waals surface area contributed by atoms with Crippen molar-refractivity contribution in [2.75, 3.05) is 26.4 Å². The molecule has 3 nitrogen and oxygen atoms in total. The van der Waals surface area contributed by atoms with E-state index in [1.54, 1.807) is 0 Å². The van der Waals surface area contributed by atoms with E-state index >= 15 is 0 Å². The second kappa shape index (κ2) is 132. The molecule has 0 rings (SSSR count). The van der Waals surface area contributed by atoms with E-state index in [-0.39, 0.29) is 13.2 Å². The lowest BCUT2D eigenvalue weighted by Crippen LogP contribution is -1.96. The van der Waals surface area contributed by atoms with Crippen LogP contribution in [-0.4, -0.2) is 36.6 Å². The molecule has 0 atom stereocenters. The second-order valence-electron chi connectivity index (χ2n) is 4.18. The highest BCUT2D eigenvalue weighted by Crippen LogP contribution is 2.04. The predicted molar refractivity (Wildman–Crippen MR) is 141 cm³/mol. The van der Waals surface area contributed by atoms with E-state index in [1.807, 2.05) is 0 Å². The molecule has 0 spiro atoms. The van der Waals surface area contributed by atoms with Gasteiger partial charge in [0.25, 0.3) is 0 Å². The molecule has 0 aromatic carbocycles. The van der Waals surface area contributed by atoms with Gasteiger partial charge >= 0.3 is 0 Å². The molecule has 0 aromatic rings. The van der Waals surface area contributed by atoms with Crippen molar-refractivity contribution in [3.8, 4) is 0 Å². The Hall–Kier alpha value is -1.68. The molecule has 0 amide bonds. The van der Waals surface area contributed by atoms with E-state index in [9.17, 15) is 0 Å². The Kier molecular flexibility index (Phi) is 230. The molecule has 0 saturated heterocycles. The summed E-state index contributed by atoms with van der Waals surface area (Å²) in [5, 5.41) is 15.2. The first kappa shape index (κ1) is 50.7. The van der Waals surface area contributed by atoms with Crippen LogP contribution in [0.4, 0.5) is 0 Å². The largest absolute Gasteiger partial charge is 0.394 e. The van der Waals surface area contributed by atoms with Gasteiger partial charge in [0.2, 0.25) is 0 Å². The molecule has 2 N–H and O–H groups in total. The van der Waals surface area contributed by atoms with Crippen LogP contribution in [0, 0.1) is 0 Å². The SMILES string of the molecule is C=C.C=C.C=C.C=C.C=C.C=C.CCCCCCCCOCCCC.OCCO. The summed E-state index contributed by atoms with van der Waals surface area (Å²) >= 11 is 0. The lowest BCUT2D eigenvalue weighted by Gasteiger charge is -2.02. The third-order valence-corrected chi connectivity index (χ3v) is 2.38. The van der Waals surface area contributed by atoms with E-state index in [4.69, 9.17) is 14.9 Å². The van der Waals surface area contributed by atoms with Gasteiger partial charge in [0, 0.05) is 13.2 Å². The molecule has 0 radical (unpaired) electrons. The van der Waals surface area contributed by atoms with Crippen LogP contribution < -0.4 is 0 Å². The van der Waals surface area contributed by atoms with E-state index in [2.05, 4.69) is 92.8 Å². The standard InChI is InChI=1S/C12H26O.C2H6O2.6C2H4/c1-3-5-7-8-9-10-12-13-11-6-4-2;3-1-2-4;6*1-2/h3-12H2,1-2H3;3-4H,1-2H2;6*1-2H2. The van der Waals surface area contributed by atoms with Crippen LogP contribution in [-0.2, 0) is 4.74 Å². The zero-order valence-electron chi connectivity index (χ0n) is 20.3. The normalized spacial score (nSPS) is 6.62. The van der Waals surface area contributed by atoms with Crippen LogP contribution in [0.25, 0.3) is 0 Å². The van der Waals surface area contributed by atoms with Crippen molar-refractivity contribution in [1.82, 2.24) is 0 Å². The van der Waals surface area contributed by atoms with Crippen molar-refractivity contribution in [2.45, 2.75) is 65.2 Å². The topological polar surface area (TPSA) is 49.7 Å². The number of hydrogen-bond acceptors (Lipinski definition) is 3. The number of unbranched alkanes of at least 4 members (excludes halogenated alkanes) is 6. The summed E-state index contributed by atoms with van der Waals surface area (Å²) in [6.45, 7) is 42.2. The fraction of sp³-hybridized carbons (Fsp3) is 0.538. The lowest BCUT2D eigenvalue weighted by atomic mass is 10.1. The van der Waals surface area contributed by atoms with Crippen LogP contribution >= 0.6 is 0 Å². The smallest absolute Gasteiger partial charge is 0.0662 e. The molecule has 0 aliphatic rings. The van der Waals surface area contributed by atoms with Gasteiger partial charge in [-0.15, -0.1) is 78.9 Å². The number of aliphatic hydroxyl groups is 2. The highest BCUT2D eigenvalue weighted by atomic mass is 16.5. The first-order valence-corrected chi connectivity index (χ1v) is 10.1. The molecule has 0 unspecified atom stereocenters. The van der Waals surface area contributed by atoms with Crippen molar-refractivity contribution in [2.24, 2.45) is 0 Å². The van der Waals surface area contributed by atoms with Gasteiger partial charge in [0.1, 0.15) is 0 Å². The van der Waals surface area contributed by atoms with Gasteiger partial charge in [-0.05, 0) is 12.8 Å². The highest BCUT2D eigenvalue weighted by Gasteiger charge is 1.90. The summed E-state index contributed by atoms with van der Waals surface area (Å²) in [5.74, 6) is 0. The first-order valence-electron chi connectivity index (χ1n) is 10.1. The van der Waals surface area contributed by atoms with Crippen molar-refractivity contribution in [1.29, 1.82) is 0 Å². The fourth-order valence-electron chi connectivity index (χ4n) is 1.33. The molecular formula is C26H56O3. The average molecular weight is 417 g/mol. The average Bonchev–Trinajstić information content (AvgIpc) is 2.86. The number of ether oxygens (including phenoxy) is 1. The van der Waals surface area contributed by atoms with Crippen LogP contribution in [0.2, 0.25) is 0 Å². The number of aliphatic hydroxyl groups excluding tert-OH is 2. The Morgan fingerprint density at radius 1 is 0.448 bits per heavy atom. The van der Waals surface area contributed by atoms with Crippen LogP contribution in [0.5, 0.6) is 0 Å². The molecule has 3 heteroatoms. The molecule has 0 heterocycles. The van der Waals surface area contributed by atoms with E-state index in [1.165, 1.54) is 51.4 Å². The van der Waals surface area contributed by atoms with Crippen molar-refractivity contribution < 1.29 is 14.9 Å². The Labute approximate surface area is 185 Å². The summed E-state index contributed by atoms with van der Waals surface area (Å²) in [6, 6.07) is 0. The van der Waals surface area contributed by atoms with Crippen molar-refractivity contribution in [3.05, 3.63) is 78.9 Å². The third kappa shape index (κ3) is 179. The van der Waals surface area contributed by atoms with Crippen LogP contribution in [0.15, 0.2) is 78.9 Å². The highest BCUT2D eigenvalue weighted by molar-refractivity contribution is 4.43. The van der Waals surface area contributed by atoms with Crippen molar-refractivity contribution >= 4 is 0 Å². The maximum atomic E-state index is 7.62. The Morgan fingerprint density at radius 2 is 0.724 bits per heavy atom. The molecule has 0 aliphatic heterocycles. The molecule has 0 aromatic heterocycles. The monoisotopic (exact) mass is 416 g/mol. The maximum absolute atomic E-state index is 7.62. The Morgan fingerprint density at radius 3 is 1.03 bits per heavy atom. The van der Waals surface area contributed by atoms with Crippen LogP contribution in [0.1, 0.15) is 65.2 Å². The zero-order chi connectivity index (χ0) is 25.2. The molecule has 0 fully saturated rings. The number of rotatable bonds is 11. The minimum absolute atomic E-state index is 0.125.